The highest BCUT2D eigenvalue weighted by molar-refractivity contribution is 7.92. The summed E-state index contributed by atoms with van der Waals surface area (Å²) >= 11 is 0. The Kier molecular flexibility index (Phi) is 6.99. The number of ether oxygens (including phenoxy) is 1. The van der Waals surface area contributed by atoms with Crippen molar-refractivity contribution in [1.82, 2.24) is 0 Å². The maximum atomic E-state index is 13.3. The molecule has 7 heteroatoms. The van der Waals surface area contributed by atoms with E-state index >= 15 is 0 Å². The van der Waals surface area contributed by atoms with E-state index in [1.165, 1.54) is 4.31 Å². The molecular formula is C26H28N2O4S. The normalized spacial score (nSPS) is 13.3. The van der Waals surface area contributed by atoms with Crippen LogP contribution in [-0.2, 0) is 16.4 Å². The monoisotopic (exact) mass is 464 g/mol. The zero-order chi connectivity index (χ0) is 23.3. The van der Waals surface area contributed by atoms with Crippen LogP contribution in [0.4, 0.5) is 11.4 Å². The van der Waals surface area contributed by atoms with E-state index in [1.807, 2.05) is 12.1 Å². The van der Waals surface area contributed by atoms with Gasteiger partial charge in [0.05, 0.1) is 17.2 Å². The molecule has 0 aromatic heterocycles. The maximum absolute atomic E-state index is 13.3. The van der Waals surface area contributed by atoms with E-state index in [0.717, 1.165) is 37.0 Å². The number of sulfonamides is 1. The second-order valence-electron chi connectivity index (χ2n) is 8.02. The molecule has 0 saturated carbocycles. The molecule has 1 heterocycles. The van der Waals surface area contributed by atoms with Crippen molar-refractivity contribution in [2.24, 2.45) is 0 Å². The van der Waals surface area contributed by atoms with Gasteiger partial charge in [-0.25, -0.2) is 8.42 Å². The van der Waals surface area contributed by atoms with Crippen LogP contribution in [0.2, 0.25) is 0 Å². The van der Waals surface area contributed by atoms with Crippen LogP contribution >= 0.6 is 0 Å². The number of hydrogen-bond acceptors (Lipinski definition) is 4. The summed E-state index contributed by atoms with van der Waals surface area (Å²) in [4.78, 5) is 13.0. The van der Waals surface area contributed by atoms with Gasteiger partial charge in [-0.05, 0) is 73.4 Å². The molecule has 4 rings (SSSR count). The lowest BCUT2D eigenvalue weighted by Crippen LogP contribution is -2.35. The Morgan fingerprint density at radius 2 is 1.79 bits per heavy atom. The van der Waals surface area contributed by atoms with Gasteiger partial charge < -0.3 is 10.1 Å². The molecule has 0 fully saturated rings. The van der Waals surface area contributed by atoms with Crippen molar-refractivity contribution in [1.29, 1.82) is 0 Å². The number of anilines is 2. The average molecular weight is 465 g/mol. The first-order valence-electron chi connectivity index (χ1n) is 11.2. The molecule has 1 amide bonds. The Balaban J connectivity index is 1.53. The van der Waals surface area contributed by atoms with Crippen molar-refractivity contribution >= 4 is 27.3 Å². The van der Waals surface area contributed by atoms with Crippen LogP contribution in [-0.4, -0.2) is 27.5 Å². The predicted octanol–water partition coefficient (Wildman–Crippen LogP) is 5.26. The molecule has 0 aliphatic carbocycles. The van der Waals surface area contributed by atoms with Gasteiger partial charge in [0.2, 0.25) is 0 Å². The summed E-state index contributed by atoms with van der Waals surface area (Å²) in [5, 5.41) is 2.89. The number of amides is 1. The van der Waals surface area contributed by atoms with Crippen molar-refractivity contribution in [2.45, 2.75) is 37.5 Å². The van der Waals surface area contributed by atoms with Gasteiger partial charge in [0.15, 0.2) is 0 Å². The molecule has 0 unspecified atom stereocenters. The fraction of sp³-hybridized carbons (Fsp3) is 0.269. The third kappa shape index (κ3) is 5.20. The highest BCUT2D eigenvalue weighted by atomic mass is 32.2. The molecule has 0 atom stereocenters. The summed E-state index contributed by atoms with van der Waals surface area (Å²) < 4.78 is 33.6. The van der Waals surface area contributed by atoms with E-state index < -0.39 is 10.0 Å². The van der Waals surface area contributed by atoms with Crippen molar-refractivity contribution in [3.63, 3.8) is 0 Å². The molecule has 6 nitrogen and oxygen atoms in total. The summed E-state index contributed by atoms with van der Waals surface area (Å²) in [5.41, 5.74) is 2.62. The molecule has 0 radical (unpaired) electrons. The van der Waals surface area contributed by atoms with Crippen LogP contribution < -0.4 is 14.4 Å². The zero-order valence-corrected chi connectivity index (χ0v) is 19.5. The van der Waals surface area contributed by atoms with Crippen LogP contribution in [0.15, 0.2) is 77.7 Å². The lowest BCUT2D eigenvalue weighted by atomic mass is 10.0. The van der Waals surface area contributed by atoms with E-state index in [4.69, 9.17) is 4.74 Å². The van der Waals surface area contributed by atoms with E-state index in [-0.39, 0.29) is 10.8 Å². The third-order valence-corrected chi connectivity index (χ3v) is 7.46. The first-order chi connectivity index (χ1) is 16.0. The largest absolute Gasteiger partial charge is 0.494 e. The lowest BCUT2D eigenvalue weighted by Gasteiger charge is -2.31. The molecule has 33 heavy (non-hydrogen) atoms. The minimum Gasteiger partial charge on any atom is -0.494 e. The first kappa shape index (κ1) is 22.9. The molecule has 172 valence electrons. The standard InChI is InChI=1S/C26H28N2O4S/c1-2-3-18-32-23-15-12-21(13-16-23)26(29)27-22-14-11-20-8-7-17-28(25(20)19-22)33(30,31)24-9-5-4-6-10-24/h4-6,9-16,19H,2-3,7-8,17-18H2,1H3,(H,27,29). The molecule has 3 aromatic rings. The van der Waals surface area contributed by atoms with Gasteiger partial charge in [0, 0.05) is 17.8 Å². The average Bonchev–Trinajstić information content (AvgIpc) is 2.84. The highest BCUT2D eigenvalue weighted by Gasteiger charge is 2.29. The number of fused-ring (bicyclic) bond motifs is 1. The second-order valence-corrected chi connectivity index (χ2v) is 9.88. The summed E-state index contributed by atoms with van der Waals surface area (Å²) in [6, 6.07) is 20.9. The lowest BCUT2D eigenvalue weighted by molar-refractivity contribution is 0.102. The van der Waals surface area contributed by atoms with Crippen LogP contribution in [0.3, 0.4) is 0 Å². The minimum absolute atomic E-state index is 0.258. The summed E-state index contributed by atoms with van der Waals surface area (Å²) in [7, 11) is -3.68. The van der Waals surface area contributed by atoms with Crippen LogP contribution in [0.5, 0.6) is 5.75 Å². The number of benzene rings is 3. The molecule has 1 aliphatic heterocycles. The molecule has 0 spiro atoms. The number of carbonyl (C=O) groups is 1. The van der Waals surface area contributed by atoms with E-state index in [9.17, 15) is 13.2 Å². The van der Waals surface area contributed by atoms with Gasteiger partial charge in [-0.2, -0.15) is 0 Å². The first-order valence-corrected chi connectivity index (χ1v) is 12.7. The second kappa shape index (κ2) is 10.1. The fourth-order valence-electron chi connectivity index (χ4n) is 3.83. The van der Waals surface area contributed by atoms with Crippen molar-refractivity contribution in [2.75, 3.05) is 22.8 Å². The summed E-state index contributed by atoms with van der Waals surface area (Å²) in [6.45, 7) is 3.16. The van der Waals surface area contributed by atoms with E-state index in [0.29, 0.717) is 30.1 Å². The quantitative estimate of drug-likeness (QED) is 0.462. The minimum atomic E-state index is -3.68. The van der Waals surface area contributed by atoms with Gasteiger partial charge in [0.25, 0.3) is 15.9 Å². The zero-order valence-electron chi connectivity index (χ0n) is 18.7. The Morgan fingerprint density at radius 3 is 2.52 bits per heavy atom. The molecule has 1 aliphatic rings. The van der Waals surface area contributed by atoms with Crippen molar-refractivity contribution in [3.8, 4) is 5.75 Å². The summed E-state index contributed by atoms with van der Waals surface area (Å²) in [6.07, 6.45) is 3.59. The topological polar surface area (TPSA) is 75.7 Å². The predicted molar refractivity (Wildman–Crippen MR) is 131 cm³/mol. The van der Waals surface area contributed by atoms with Gasteiger partial charge >= 0.3 is 0 Å². The van der Waals surface area contributed by atoms with Crippen LogP contribution in [0, 0.1) is 0 Å². The third-order valence-electron chi connectivity index (χ3n) is 5.63. The Morgan fingerprint density at radius 1 is 1.03 bits per heavy atom. The number of aryl methyl sites for hydroxylation is 1. The fourth-order valence-corrected chi connectivity index (χ4v) is 5.38. The number of rotatable bonds is 8. The number of carbonyl (C=O) groups excluding carboxylic acids is 1. The van der Waals surface area contributed by atoms with E-state index in [1.54, 1.807) is 60.7 Å². The molecular weight excluding hydrogens is 436 g/mol. The SMILES string of the molecule is CCCCOc1ccc(C(=O)Nc2ccc3c(c2)N(S(=O)(=O)c2ccccc2)CCC3)cc1. The van der Waals surface area contributed by atoms with Crippen molar-refractivity contribution < 1.29 is 17.9 Å². The number of hydrogen-bond donors (Lipinski definition) is 1. The molecule has 1 N–H and O–H groups in total. The summed E-state index contributed by atoms with van der Waals surface area (Å²) in [5.74, 6) is 0.471. The van der Waals surface area contributed by atoms with Gasteiger partial charge in [-0.1, -0.05) is 37.6 Å². The van der Waals surface area contributed by atoms with Gasteiger partial charge in [0.1, 0.15) is 5.75 Å². The number of nitrogens with one attached hydrogen (secondary N) is 1. The molecule has 3 aromatic carbocycles. The molecule has 0 saturated heterocycles. The molecule has 0 bridgehead atoms. The van der Waals surface area contributed by atoms with Gasteiger partial charge in [-0.3, -0.25) is 9.10 Å². The Labute approximate surface area is 195 Å². The van der Waals surface area contributed by atoms with Crippen molar-refractivity contribution in [3.05, 3.63) is 83.9 Å². The van der Waals surface area contributed by atoms with Gasteiger partial charge in [-0.15, -0.1) is 0 Å². The number of unbranched alkanes of at least 4 members (excludes halogenated alkanes) is 1. The highest BCUT2D eigenvalue weighted by Crippen LogP contribution is 2.34. The Bertz CT molecular complexity index is 1210. The maximum Gasteiger partial charge on any atom is 0.264 e. The smallest absolute Gasteiger partial charge is 0.264 e. The van der Waals surface area contributed by atoms with E-state index in [2.05, 4.69) is 12.2 Å². The number of nitrogens with zero attached hydrogens (tertiary/aromatic N) is 1. The van der Waals surface area contributed by atoms with Crippen LogP contribution in [0.25, 0.3) is 0 Å². The van der Waals surface area contributed by atoms with Crippen LogP contribution in [0.1, 0.15) is 42.1 Å². The Hall–Kier alpha value is -3.32.